The van der Waals surface area contributed by atoms with Crippen LogP contribution in [0.4, 0.5) is 5.69 Å². The molecule has 1 N–H and O–H groups in total. The Morgan fingerprint density at radius 3 is 2.79 bits per heavy atom. The van der Waals surface area contributed by atoms with Crippen molar-refractivity contribution in [2.45, 2.75) is 20.3 Å². The topological polar surface area (TPSA) is 85.4 Å². The van der Waals surface area contributed by atoms with Crippen LogP contribution in [0.3, 0.4) is 0 Å². The summed E-state index contributed by atoms with van der Waals surface area (Å²) < 4.78 is 30.6. The van der Waals surface area contributed by atoms with Gasteiger partial charge in [-0.15, -0.1) is 0 Å². The van der Waals surface area contributed by atoms with E-state index in [-0.39, 0.29) is 29.6 Å². The molecule has 1 rings (SSSR count). The molecule has 0 fully saturated rings. The molecular weight excluding hydrogens is 292 g/mol. The summed E-state index contributed by atoms with van der Waals surface area (Å²) in [5.74, 6) is -0.918. The third-order valence-corrected chi connectivity index (χ3v) is 3.79. The highest BCUT2D eigenvalue weighted by molar-refractivity contribution is 7.92. The van der Waals surface area contributed by atoms with E-state index in [4.69, 9.17) is 11.6 Å². The van der Waals surface area contributed by atoms with Crippen LogP contribution in [0.15, 0.2) is 12.3 Å². The van der Waals surface area contributed by atoms with Gasteiger partial charge < -0.3 is 4.74 Å². The normalized spacial score (nSPS) is 11.1. The van der Waals surface area contributed by atoms with Gasteiger partial charge in [-0.25, -0.2) is 13.4 Å². The van der Waals surface area contributed by atoms with Gasteiger partial charge >= 0.3 is 5.97 Å². The maximum Gasteiger partial charge on any atom is 0.306 e. The molecule has 0 saturated heterocycles. The van der Waals surface area contributed by atoms with Crippen molar-refractivity contribution >= 4 is 33.3 Å². The fourth-order valence-corrected chi connectivity index (χ4v) is 2.72. The largest absolute Gasteiger partial charge is 0.466 e. The molecule has 8 heteroatoms. The van der Waals surface area contributed by atoms with E-state index in [0.29, 0.717) is 5.56 Å². The first-order chi connectivity index (χ1) is 8.85. The first kappa shape index (κ1) is 15.7. The monoisotopic (exact) mass is 306 g/mol. The number of aromatic nitrogens is 1. The van der Waals surface area contributed by atoms with Gasteiger partial charge in [-0.2, -0.15) is 0 Å². The zero-order chi connectivity index (χ0) is 14.5. The Labute approximate surface area is 117 Å². The number of carbonyl (C=O) groups excluding carboxylic acids is 1. The molecule has 19 heavy (non-hydrogen) atoms. The van der Waals surface area contributed by atoms with Gasteiger partial charge in [0.25, 0.3) is 0 Å². The molecule has 0 spiro atoms. The third kappa shape index (κ3) is 5.04. The number of hydrogen-bond donors (Lipinski definition) is 1. The molecule has 0 bridgehead atoms. The Bertz CT molecular complexity index is 540. The van der Waals surface area contributed by atoms with Gasteiger partial charge in [0.2, 0.25) is 10.0 Å². The summed E-state index contributed by atoms with van der Waals surface area (Å²) in [6.07, 6.45) is 1.27. The number of nitrogens with zero attached hydrogens (tertiary/aromatic N) is 1. The number of hydrogen-bond acceptors (Lipinski definition) is 5. The molecule has 6 nitrogen and oxygen atoms in total. The Hall–Kier alpha value is -1.34. The molecule has 1 aromatic heterocycles. The molecule has 106 valence electrons. The molecule has 0 aliphatic rings. The van der Waals surface area contributed by atoms with Gasteiger partial charge in [0.05, 0.1) is 24.5 Å². The molecule has 0 aliphatic heterocycles. The van der Waals surface area contributed by atoms with Crippen LogP contribution < -0.4 is 4.72 Å². The minimum atomic E-state index is -3.67. The number of sulfonamides is 1. The van der Waals surface area contributed by atoms with Gasteiger partial charge in [-0.1, -0.05) is 11.6 Å². The van der Waals surface area contributed by atoms with Gasteiger partial charge in [0.1, 0.15) is 0 Å². The highest BCUT2D eigenvalue weighted by Crippen LogP contribution is 2.23. The molecule has 0 atom stereocenters. The fraction of sp³-hybridized carbons (Fsp3) is 0.455. The molecule has 0 unspecified atom stereocenters. The lowest BCUT2D eigenvalue weighted by Crippen LogP contribution is -2.20. The van der Waals surface area contributed by atoms with Crippen molar-refractivity contribution < 1.29 is 17.9 Å². The quantitative estimate of drug-likeness (QED) is 0.639. The van der Waals surface area contributed by atoms with E-state index < -0.39 is 16.0 Å². The average Bonchev–Trinajstić information content (AvgIpc) is 2.32. The number of ether oxygens (including phenoxy) is 1. The first-order valence-corrected chi connectivity index (χ1v) is 7.66. The van der Waals surface area contributed by atoms with Gasteiger partial charge in [0.15, 0.2) is 5.15 Å². The van der Waals surface area contributed by atoms with Crippen molar-refractivity contribution in [3.05, 3.63) is 23.0 Å². The second-order valence-corrected chi connectivity index (χ2v) is 5.97. The number of pyridine rings is 1. The van der Waals surface area contributed by atoms with E-state index in [1.54, 1.807) is 19.9 Å². The van der Waals surface area contributed by atoms with Crippen molar-refractivity contribution in [2.75, 3.05) is 17.1 Å². The molecule has 0 amide bonds. The Balaban J connectivity index is 2.72. The van der Waals surface area contributed by atoms with Crippen molar-refractivity contribution in [1.29, 1.82) is 0 Å². The van der Waals surface area contributed by atoms with Crippen LogP contribution in [0.2, 0.25) is 5.15 Å². The third-order valence-electron chi connectivity index (χ3n) is 2.25. The van der Waals surface area contributed by atoms with Crippen LogP contribution in [0, 0.1) is 6.92 Å². The Morgan fingerprint density at radius 2 is 2.21 bits per heavy atom. The summed E-state index contributed by atoms with van der Waals surface area (Å²) in [5.41, 5.74) is 0.882. The molecule has 0 saturated carbocycles. The number of rotatable bonds is 6. The van der Waals surface area contributed by atoms with Crippen LogP contribution in [0.5, 0.6) is 0 Å². The maximum atomic E-state index is 11.8. The predicted molar refractivity (Wildman–Crippen MR) is 72.6 cm³/mol. The highest BCUT2D eigenvalue weighted by atomic mass is 35.5. The van der Waals surface area contributed by atoms with Crippen molar-refractivity contribution in [2.24, 2.45) is 0 Å². The van der Waals surface area contributed by atoms with E-state index in [1.807, 2.05) is 0 Å². The van der Waals surface area contributed by atoms with Crippen molar-refractivity contribution in [3.63, 3.8) is 0 Å². The zero-order valence-electron chi connectivity index (χ0n) is 10.6. The SMILES string of the molecule is CCOC(=O)CCS(=O)(=O)Nc1c(C)ccnc1Cl. The number of halogens is 1. The molecule has 0 aliphatic carbocycles. The van der Waals surface area contributed by atoms with Gasteiger partial charge in [-0.3, -0.25) is 9.52 Å². The smallest absolute Gasteiger partial charge is 0.306 e. The number of carbonyl (C=O) groups is 1. The standard InChI is InChI=1S/C11H15ClN2O4S/c1-3-18-9(15)5-7-19(16,17)14-10-8(2)4-6-13-11(10)12/h4,6,14H,3,5,7H2,1-2H3. The average molecular weight is 307 g/mol. The lowest BCUT2D eigenvalue weighted by Gasteiger charge is -2.11. The molecule has 0 aromatic carbocycles. The summed E-state index contributed by atoms with van der Waals surface area (Å²) in [6, 6.07) is 1.63. The maximum absolute atomic E-state index is 11.8. The molecule has 1 aromatic rings. The predicted octanol–water partition coefficient (Wildman–Crippen LogP) is 1.74. The summed E-state index contributed by atoms with van der Waals surface area (Å²) in [4.78, 5) is 14.9. The van der Waals surface area contributed by atoms with Crippen LogP contribution in [0.25, 0.3) is 0 Å². The van der Waals surface area contributed by atoms with Crippen LogP contribution in [-0.4, -0.2) is 31.7 Å². The minimum absolute atomic E-state index is 0.0692. The van der Waals surface area contributed by atoms with E-state index in [1.165, 1.54) is 6.20 Å². The summed E-state index contributed by atoms with van der Waals surface area (Å²) in [7, 11) is -3.67. The van der Waals surface area contributed by atoms with Gasteiger partial charge in [-0.05, 0) is 25.5 Å². The Kier molecular flexibility index (Phi) is 5.56. The second kappa shape index (κ2) is 6.72. The van der Waals surface area contributed by atoms with Crippen LogP contribution in [0.1, 0.15) is 18.9 Å². The van der Waals surface area contributed by atoms with Gasteiger partial charge in [0, 0.05) is 6.20 Å². The minimum Gasteiger partial charge on any atom is -0.466 e. The van der Waals surface area contributed by atoms with Crippen LogP contribution >= 0.6 is 11.6 Å². The zero-order valence-corrected chi connectivity index (χ0v) is 12.2. The number of anilines is 1. The summed E-state index contributed by atoms with van der Waals surface area (Å²) in [6.45, 7) is 3.58. The van der Waals surface area contributed by atoms with Crippen molar-refractivity contribution in [1.82, 2.24) is 4.98 Å². The lowest BCUT2D eigenvalue weighted by molar-refractivity contribution is -0.142. The molecular formula is C11H15ClN2O4S. The van der Waals surface area contributed by atoms with E-state index in [2.05, 4.69) is 14.4 Å². The summed E-state index contributed by atoms with van der Waals surface area (Å²) in [5, 5.41) is 0.0692. The number of nitrogens with one attached hydrogen (secondary N) is 1. The van der Waals surface area contributed by atoms with E-state index in [0.717, 1.165) is 0 Å². The summed E-state index contributed by atoms with van der Waals surface area (Å²) >= 11 is 5.82. The van der Waals surface area contributed by atoms with Crippen molar-refractivity contribution in [3.8, 4) is 0 Å². The Morgan fingerprint density at radius 1 is 1.53 bits per heavy atom. The van der Waals surface area contributed by atoms with E-state index in [9.17, 15) is 13.2 Å². The first-order valence-electron chi connectivity index (χ1n) is 5.63. The lowest BCUT2D eigenvalue weighted by atomic mass is 10.3. The van der Waals surface area contributed by atoms with E-state index >= 15 is 0 Å². The molecule has 0 radical (unpaired) electrons. The number of esters is 1. The molecule has 1 heterocycles. The highest BCUT2D eigenvalue weighted by Gasteiger charge is 2.17. The second-order valence-electron chi connectivity index (χ2n) is 3.77. The number of aryl methyl sites for hydroxylation is 1. The fourth-order valence-electron chi connectivity index (χ4n) is 1.31. The van der Waals surface area contributed by atoms with Crippen LogP contribution in [-0.2, 0) is 19.6 Å².